The van der Waals surface area contributed by atoms with Gasteiger partial charge in [0.25, 0.3) is 5.91 Å². The van der Waals surface area contributed by atoms with Gasteiger partial charge in [-0.25, -0.2) is 0 Å². The third-order valence-corrected chi connectivity index (χ3v) is 6.19. The molecule has 27 heavy (non-hydrogen) atoms. The molecule has 1 aromatic carbocycles. The molecule has 0 saturated carbocycles. The van der Waals surface area contributed by atoms with Crippen molar-refractivity contribution in [2.45, 2.75) is 23.3 Å². The van der Waals surface area contributed by atoms with Crippen molar-refractivity contribution in [3.8, 4) is 5.75 Å². The maximum absolute atomic E-state index is 12.4. The lowest BCUT2D eigenvalue weighted by atomic mass is 10.1. The van der Waals surface area contributed by atoms with Gasteiger partial charge in [-0.05, 0) is 31.0 Å². The molecule has 1 unspecified atom stereocenters. The van der Waals surface area contributed by atoms with Crippen LogP contribution < -0.4 is 15.4 Å². The SMILES string of the molecule is O=C1COc2ccc(C(=O)CSc3nnc(NCC4CCCO4)s3)cc2N1. The molecule has 10 heteroatoms. The lowest BCUT2D eigenvalue weighted by Crippen LogP contribution is -2.25. The van der Waals surface area contributed by atoms with Crippen molar-refractivity contribution >= 4 is 45.6 Å². The first-order valence-corrected chi connectivity index (χ1v) is 10.4. The normalized spacial score (nSPS) is 18.5. The van der Waals surface area contributed by atoms with E-state index in [1.54, 1.807) is 18.2 Å². The summed E-state index contributed by atoms with van der Waals surface area (Å²) in [5.74, 6) is 0.545. The molecule has 0 radical (unpaired) electrons. The van der Waals surface area contributed by atoms with Gasteiger partial charge in [-0.2, -0.15) is 0 Å². The largest absolute Gasteiger partial charge is 0.482 e. The van der Waals surface area contributed by atoms with Crippen molar-refractivity contribution in [1.82, 2.24) is 10.2 Å². The molecule has 0 bridgehead atoms. The molecule has 1 aromatic heterocycles. The first-order chi connectivity index (χ1) is 13.2. The molecule has 2 aromatic rings. The zero-order valence-corrected chi connectivity index (χ0v) is 16.0. The number of thioether (sulfide) groups is 1. The van der Waals surface area contributed by atoms with Crippen LogP contribution >= 0.6 is 23.1 Å². The number of rotatable bonds is 7. The van der Waals surface area contributed by atoms with Gasteiger partial charge < -0.3 is 20.1 Å². The molecule has 2 N–H and O–H groups in total. The summed E-state index contributed by atoms with van der Waals surface area (Å²) in [7, 11) is 0. The van der Waals surface area contributed by atoms with Crippen molar-refractivity contribution in [1.29, 1.82) is 0 Å². The first kappa shape index (κ1) is 18.2. The number of ether oxygens (including phenoxy) is 2. The number of fused-ring (bicyclic) bond motifs is 1. The van der Waals surface area contributed by atoms with Crippen molar-refractivity contribution in [3.05, 3.63) is 23.8 Å². The smallest absolute Gasteiger partial charge is 0.262 e. The van der Waals surface area contributed by atoms with Gasteiger partial charge >= 0.3 is 0 Å². The second-order valence-electron chi connectivity index (χ2n) is 6.15. The van der Waals surface area contributed by atoms with Crippen LogP contribution in [-0.4, -0.2) is 53.5 Å². The number of hydrogen-bond acceptors (Lipinski definition) is 9. The topological polar surface area (TPSA) is 102 Å². The number of benzene rings is 1. The lowest BCUT2D eigenvalue weighted by Gasteiger charge is -2.18. The summed E-state index contributed by atoms with van der Waals surface area (Å²) in [6.45, 7) is 1.54. The van der Waals surface area contributed by atoms with Crippen molar-refractivity contribution in [2.24, 2.45) is 0 Å². The Hall–Kier alpha value is -2.17. The first-order valence-electron chi connectivity index (χ1n) is 8.59. The Labute approximate surface area is 164 Å². The van der Waals surface area contributed by atoms with E-state index in [1.807, 2.05) is 0 Å². The minimum absolute atomic E-state index is 0.00354. The van der Waals surface area contributed by atoms with E-state index < -0.39 is 0 Å². The molecular formula is C17H18N4O4S2. The van der Waals surface area contributed by atoms with Crippen molar-refractivity contribution in [3.63, 3.8) is 0 Å². The van der Waals surface area contributed by atoms with Crippen LogP contribution in [0.3, 0.4) is 0 Å². The molecule has 0 spiro atoms. The number of anilines is 2. The molecular weight excluding hydrogens is 388 g/mol. The summed E-state index contributed by atoms with van der Waals surface area (Å²) in [6.07, 6.45) is 2.40. The minimum Gasteiger partial charge on any atom is -0.482 e. The average Bonchev–Trinajstić information content (AvgIpc) is 3.35. The van der Waals surface area contributed by atoms with Crippen LogP contribution in [0, 0.1) is 0 Å². The Bertz CT molecular complexity index is 851. The van der Waals surface area contributed by atoms with Crippen LogP contribution in [-0.2, 0) is 9.53 Å². The predicted molar refractivity (Wildman–Crippen MR) is 103 cm³/mol. The summed E-state index contributed by atoms with van der Waals surface area (Å²) in [4.78, 5) is 23.8. The zero-order chi connectivity index (χ0) is 18.6. The molecule has 8 nitrogen and oxygen atoms in total. The molecule has 1 fully saturated rings. The minimum atomic E-state index is -0.224. The van der Waals surface area contributed by atoms with E-state index >= 15 is 0 Å². The van der Waals surface area contributed by atoms with Gasteiger partial charge in [0.15, 0.2) is 16.7 Å². The zero-order valence-electron chi connectivity index (χ0n) is 14.4. The monoisotopic (exact) mass is 406 g/mol. The number of Topliss-reactive ketones (excluding diaryl/α,β-unsaturated/α-hetero) is 1. The van der Waals surface area contributed by atoms with Gasteiger partial charge in [0, 0.05) is 18.7 Å². The Morgan fingerprint density at radius 1 is 1.41 bits per heavy atom. The van der Waals surface area contributed by atoms with E-state index in [9.17, 15) is 9.59 Å². The number of amides is 1. The van der Waals surface area contributed by atoms with Crippen molar-refractivity contribution < 1.29 is 19.1 Å². The number of carbonyl (C=O) groups is 2. The lowest BCUT2D eigenvalue weighted by molar-refractivity contribution is -0.118. The highest BCUT2D eigenvalue weighted by Crippen LogP contribution is 2.30. The molecule has 4 rings (SSSR count). The Morgan fingerprint density at radius 3 is 3.19 bits per heavy atom. The van der Waals surface area contributed by atoms with Gasteiger partial charge in [0.1, 0.15) is 5.75 Å². The van der Waals surface area contributed by atoms with Crippen LogP contribution in [0.1, 0.15) is 23.2 Å². The molecule has 0 aliphatic carbocycles. The van der Waals surface area contributed by atoms with E-state index in [0.717, 1.165) is 35.5 Å². The number of ketones is 1. The molecule has 142 valence electrons. The number of carbonyl (C=O) groups excluding carboxylic acids is 2. The highest BCUT2D eigenvalue weighted by molar-refractivity contribution is 8.01. The van der Waals surface area contributed by atoms with Gasteiger partial charge in [0.05, 0.1) is 17.5 Å². The number of aromatic nitrogens is 2. The third kappa shape index (κ3) is 4.57. The van der Waals surface area contributed by atoms with Crippen LogP contribution in [0.5, 0.6) is 5.75 Å². The molecule has 3 heterocycles. The molecule has 1 saturated heterocycles. The number of nitrogens with one attached hydrogen (secondary N) is 2. The van der Waals surface area contributed by atoms with E-state index in [4.69, 9.17) is 9.47 Å². The molecule has 1 amide bonds. The van der Waals surface area contributed by atoms with Crippen LogP contribution in [0.25, 0.3) is 0 Å². The van der Waals surface area contributed by atoms with Gasteiger partial charge in [-0.3, -0.25) is 9.59 Å². The Kier molecular flexibility index (Phi) is 5.55. The number of hydrogen-bond donors (Lipinski definition) is 2. The summed E-state index contributed by atoms with van der Waals surface area (Å²) < 4.78 is 11.6. The fourth-order valence-electron chi connectivity index (χ4n) is 2.81. The summed E-state index contributed by atoms with van der Waals surface area (Å²) in [5.41, 5.74) is 1.05. The van der Waals surface area contributed by atoms with E-state index in [2.05, 4.69) is 20.8 Å². The molecule has 2 aliphatic heterocycles. The maximum Gasteiger partial charge on any atom is 0.262 e. The maximum atomic E-state index is 12.4. The fourth-order valence-corrected chi connectivity index (χ4v) is 4.47. The van der Waals surface area contributed by atoms with Crippen LogP contribution in [0.4, 0.5) is 10.8 Å². The second-order valence-corrected chi connectivity index (χ2v) is 8.35. The average molecular weight is 406 g/mol. The van der Waals surface area contributed by atoms with Crippen LogP contribution in [0.15, 0.2) is 22.5 Å². The second kappa shape index (κ2) is 8.24. The van der Waals surface area contributed by atoms with Crippen LogP contribution in [0.2, 0.25) is 0 Å². The highest BCUT2D eigenvalue weighted by atomic mass is 32.2. The Morgan fingerprint density at radius 2 is 2.33 bits per heavy atom. The summed E-state index contributed by atoms with van der Waals surface area (Å²) >= 11 is 2.77. The third-order valence-electron chi connectivity index (χ3n) is 4.17. The van der Waals surface area contributed by atoms with Gasteiger partial charge in [-0.1, -0.05) is 23.1 Å². The van der Waals surface area contributed by atoms with Gasteiger partial charge in [0.2, 0.25) is 5.13 Å². The number of nitrogens with zero attached hydrogens (tertiary/aromatic N) is 2. The van der Waals surface area contributed by atoms with Crippen molar-refractivity contribution in [2.75, 3.05) is 36.1 Å². The predicted octanol–water partition coefficient (Wildman–Crippen LogP) is 2.43. The summed E-state index contributed by atoms with van der Waals surface area (Å²) in [5, 5.41) is 14.9. The molecule has 1 atom stereocenters. The van der Waals surface area contributed by atoms with Gasteiger partial charge in [-0.15, -0.1) is 10.2 Å². The van der Waals surface area contributed by atoms with E-state index in [0.29, 0.717) is 17.0 Å². The van der Waals surface area contributed by atoms with E-state index in [-0.39, 0.29) is 30.2 Å². The standard InChI is InChI=1S/C17H18N4O4S2/c22-13(10-3-4-14-12(6-10)19-15(23)8-25-14)9-26-17-21-20-16(27-17)18-7-11-2-1-5-24-11/h3-4,6,11H,1-2,5,7-9H2,(H,18,20)(H,19,23). The fraction of sp³-hybridized carbons (Fsp3) is 0.412. The quantitative estimate of drug-likeness (QED) is 0.534. The highest BCUT2D eigenvalue weighted by Gasteiger charge is 2.19. The summed E-state index contributed by atoms with van der Waals surface area (Å²) in [6, 6.07) is 5.04. The van der Waals surface area contributed by atoms with E-state index in [1.165, 1.54) is 23.1 Å². The Balaban J connectivity index is 1.30. The molecule has 2 aliphatic rings.